The first-order chi connectivity index (χ1) is 16.3. The molecule has 178 valence electrons. The summed E-state index contributed by atoms with van der Waals surface area (Å²) < 4.78 is 5.99. The summed E-state index contributed by atoms with van der Waals surface area (Å²) in [6, 6.07) is 25.6. The van der Waals surface area contributed by atoms with Gasteiger partial charge in [0.1, 0.15) is 11.3 Å². The Kier molecular flexibility index (Phi) is 8.27. The third-order valence-corrected chi connectivity index (χ3v) is 5.55. The molecule has 4 N–H and O–H groups in total. The molecule has 0 aliphatic rings. The van der Waals surface area contributed by atoms with Gasteiger partial charge in [-0.3, -0.25) is 4.79 Å². The molecule has 3 aromatic carbocycles. The van der Waals surface area contributed by atoms with Crippen molar-refractivity contribution in [3.63, 3.8) is 0 Å². The average molecular weight is 463 g/mol. The van der Waals surface area contributed by atoms with Crippen LogP contribution in [0.5, 0.6) is 5.75 Å². The van der Waals surface area contributed by atoms with E-state index >= 15 is 0 Å². The van der Waals surface area contributed by atoms with Crippen molar-refractivity contribution in [1.82, 2.24) is 5.32 Å². The highest BCUT2D eigenvalue weighted by Gasteiger charge is 2.34. The number of carbonyl (C=O) groups excluding carboxylic acids is 1. The number of aliphatic hydroxyl groups excluding tert-OH is 1. The minimum atomic E-state index is -1.64. The van der Waals surface area contributed by atoms with Crippen LogP contribution in [-0.2, 0) is 11.2 Å². The van der Waals surface area contributed by atoms with E-state index in [1.54, 1.807) is 24.3 Å². The Balaban J connectivity index is 1.49. The van der Waals surface area contributed by atoms with E-state index in [4.69, 9.17) is 9.84 Å². The molecule has 0 bridgehead atoms. The third-order valence-electron chi connectivity index (χ3n) is 5.55. The first-order valence-corrected chi connectivity index (χ1v) is 11.1. The van der Waals surface area contributed by atoms with Gasteiger partial charge in [-0.1, -0.05) is 54.6 Å². The minimum Gasteiger partial charge on any atom is -0.491 e. The number of ether oxygens (including phenoxy) is 1. The first kappa shape index (κ1) is 24.8. The Labute approximate surface area is 199 Å². The Hall–Kier alpha value is -3.84. The second-order valence-corrected chi connectivity index (χ2v) is 8.43. The number of benzene rings is 3. The number of hydrogen-bond acceptors (Lipinski definition) is 4. The van der Waals surface area contributed by atoms with Gasteiger partial charge in [-0.25, -0.2) is 4.79 Å². The molecule has 0 fully saturated rings. The van der Waals surface area contributed by atoms with Crippen LogP contribution in [0.3, 0.4) is 0 Å². The smallest absolute Gasteiger partial charge is 0.405 e. The fourth-order valence-corrected chi connectivity index (χ4v) is 3.45. The lowest BCUT2D eigenvalue weighted by atomic mass is 10.0. The summed E-state index contributed by atoms with van der Waals surface area (Å²) in [7, 11) is 0. The molecular weight excluding hydrogens is 432 g/mol. The Morgan fingerprint density at radius 3 is 2.15 bits per heavy atom. The van der Waals surface area contributed by atoms with E-state index in [9.17, 15) is 14.7 Å². The predicted molar refractivity (Wildman–Crippen MR) is 132 cm³/mol. The van der Waals surface area contributed by atoms with E-state index in [-0.39, 0.29) is 6.10 Å². The van der Waals surface area contributed by atoms with Gasteiger partial charge in [0.05, 0.1) is 12.7 Å². The number of carbonyl (C=O) groups is 2. The Bertz CT molecular complexity index is 1080. The molecule has 0 aliphatic heterocycles. The largest absolute Gasteiger partial charge is 0.491 e. The van der Waals surface area contributed by atoms with E-state index in [0.717, 1.165) is 12.8 Å². The summed E-state index contributed by atoms with van der Waals surface area (Å²) in [6.45, 7) is 2.65. The van der Waals surface area contributed by atoms with Crippen molar-refractivity contribution in [3.8, 4) is 16.9 Å². The zero-order chi connectivity index (χ0) is 24.6. The topological polar surface area (TPSA) is 108 Å². The van der Waals surface area contributed by atoms with Crippen molar-refractivity contribution < 1.29 is 24.5 Å². The van der Waals surface area contributed by atoms with Crippen LogP contribution >= 0.6 is 0 Å². The molecule has 0 saturated carbocycles. The maximum atomic E-state index is 12.4. The molecule has 0 radical (unpaired) electrons. The normalized spacial score (nSPS) is 13.4. The highest BCUT2D eigenvalue weighted by atomic mass is 16.5. The summed E-state index contributed by atoms with van der Waals surface area (Å²) >= 11 is 0. The van der Waals surface area contributed by atoms with Crippen LogP contribution in [0.1, 0.15) is 25.8 Å². The van der Waals surface area contributed by atoms with Crippen molar-refractivity contribution in [3.05, 3.63) is 84.4 Å². The van der Waals surface area contributed by atoms with Gasteiger partial charge in [0.2, 0.25) is 0 Å². The lowest BCUT2D eigenvalue weighted by molar-refractivity contribution is -0.123. The van der Waals surface area contributed by atoms with Crippen LogP contribution in [0.2, 0.25) is 0 Å². The molecule has 1 unspecified atom stereocenters. The average Bonchev–Trinajstić information content (AvgIpc) is 2.84. The molecule has 3 aromatic rings. The van der Waals surface area contributed by atoms with E-state index < -0.39 is 24.1 Å². The lowest BCUT2D eigenvalue weighted by Crippen LogP contribution is -2.56. The molecule has 34 heavy (non-hydrogen) atoms. The van der Waals surface area contributed by atoms with Crippen LogP contribution in [0, 0.1) is 0 Å². The molecule has 0 aromatic heterocycles. The summed E-state index contributed by atoms with van der Waals surface area (Å²) in [5.41, 5.74) is 2.46. The van der Waals surface area contributed by atoms with Crippen molar-refractivity contribution in [2.24, 2.45) is 0 Å². The van der Waals surface area contributed by atoms with Crippen LogP contribution in [0.15, 0.2) is 78.9 Å². The van der Waals surface area contributed by atoms with Crippen LogP contribution in [0.25, 0.3) is 11.1 Å². The predicted octanol–water partition coefficient (Wildman–Crippen LogP) is 4.71. The molecular formula is C27H30N2O5. The second kappa shape index (κ2) is 11.3. The standard InChI is InChI=1S/C27H30N2O5/c1-19(8-9-20-10-12-22(13-11-20)21-6-4-3-5-7-21)34-24-16-14-23(15-17-24)28-25(31)27(2,18-30)29-26(32)33/h3-7,10-17,19,29-30H,8-9,18H2,1-2H3,(H,28,31)(H,32,33)/t19-,27?/m0/s1. The fraction of sp³-hybridized carbons (Fsp3) is 0.259. The molecule has 3 rings (SSSR count). The van der Waals surface area contributed by atoms with Gasteiger partial charge in [0, 0.05) is 5.69 Å². The Morgan fingerprint density at radius 2 is 1.56 bits per heavy atom. The summed E-state index contributed by atoms with van der Waals surface area (Å²) in [6.07, 6.45) is 0.336. The lowest BCUT2D eigenvalue weighted by Gasteiger charge is -2.25. The van der Waals surface area contributed by atoms with Crippen molar-refractivity contribution in [2.45, 2.75) is 38.3 Å². The van der Waals surface area contributed by atoms with E-state index in [1.807, 2.05) is 30.4 Å². The van der Waals surface area contributed by atoms with Crippen molar-refractivity contribution in [2.75, 3.05) is 11.9 Å². The number of aryl methyl sites for hydroxylation is 1. The van der Waals surface area contributed by atoms with E-state index in [0.29, 0.717) is 11.4 Å². The van der Waals surface area contributed by atoms with Crippen LogP contribution in [0.4, 0.5) is 10.5 Å². The molecule has 0 heterocycles. The molecule has 2 amide bonds. The SMILES string of the molecule is C[C@@H](CCc1ccc(-c2ccccc2)cc1)Oc1ccc(NC(=O)C(C)(CO)NC(=O)O)cc1. The van der Waals surface area contributed by atoms with Gasteiger partial charge < -0.3 is 25.6 Å². The maximum absolute atomic E-state index is 12.4. The van der Waals surface area contributed by atoms with Gasteiger partial charge in [0.25, 0.3) is 5.91 Å². The number of nitrogens with one attached hydrogen (secondary N) is 2. The summed E-state index contributed by atoms with van der Waals surface area (Å²) in [5, 5.41) is 22.9. The highest BCUT2D eigenvalue weighted by molar-refractivity contribution is 5.99. The number of carboxylic acid groups (broad SMARTS) is 1. The van der Waals surface area contributed by atoms with E-state index in [2.05, 4.69) is 41.7 Å². The van der Waals surface area contributed by atoms with Gasteiger partial charge in [-0.05, 0) is 67.6 Å². The van der Waals surface area contributed by atoms with E-state index in [1.165, 1.54) is 23.6 Å². The number of amides is 2. The number of anilines is 1. The maximum Gasteiger partial charge on any atom is 0.405 e. The molecule has 0 aliphatic carbocycles. The third kappa shape index (κ3) is 6.83. The molecule has 0 saturated heterocycles. The number of hydrogen-bond donors (Lipinski definition) is 4. The highest BCUT2D eigenvalue weighted by Crippen LogP contribution is 2.22. The molecule has 7 heteroatoms. The fourth-order valence-electron chi connectivity index (χ4n) is 3.45. The quantitative estimate of drug-likeness (QED) is 0.349. The van der Waals surface area contributed by atoms with Gasteiger partial charge in [-0.15, -0.1) is 0 Å². The monoisotopic (exact) mass is 462 g/mol. The van der Waals surface area contributed by atoms with Crippen molar-refractivity contribution in [1.29, 1.82) is 0 Å². The minimum absolute atomic E-state index is 0.00770. The zero-order valence-corrected chi connectivity index (χ0v) is 19.3. The van der Waals surface area contributed by atoms with Gasteiger partial charge >= 0.3 is 6.09 Å². The Morgan fingerprint density at radius 1 is 0.941 bits per heavy atom. The summed E-state index contributed by atoms with van der Waals surface area (Å²) in [4.78, 5) is 23.2. The summed E-state index contributed by atoms with van der Waals surface area (Å²) in [5.74, 6) is 0.0104. The molecule has 0 spiro atoms. The zero-order valence-electron chi connectivity index (χ0n) is 19.3. The second-order valence-electron chi connectivity index (χ2n) is 8.43. The number of rotatable bonds is 10. The molecule has 7 nitrogen and oxygen atoms in total. The van der Waals surface area contributed by atoms with Crippen molar-refractivity contribution >= 4 is 17.7 Å². The van der Waals surface area contributed by atoms with Gasteiger partial charge in [0.15, 0.2) is 0 Å². The van der Waals surface area contributed by atoms with Crippen LogP contribution in [-0.4, -0.2) is 40.5 Å². The number of aliphatic hydroxyl groups is 1. The van der Waals surface area contributed by atoms with Gasteiger partial charge in [-0.2, -0.15) is 0 Å². The first-order valence-electron chi connectivity index (χ1n) is 11.1. The van der Waals surface area contributed by atoms with Crippen LogP contribution < -0.4 is 15.4 Å². The molecule has 2 atom stereocenters.